The summed E-state index contributed by atoms with van der Waals surface area (Å²) in [5.41, 5.74) is 7.56. The van der Waals surface area contributed by atoms with Crippen LogP contribution in [-0.2, 0) is 11.2 Å². The van der Waals surface area contributed by atoms with Crippen LogP contribution < -0.4 is 10.5 Å². The van der Waals surface area contributed by atoms with Gasteiger partial charge in [0.25, 0.3) is 0 Å². The second-order valence-electron chi connectivity index (χ2n) is 8.94. The first-order valence-corrected chi connectivity index (χ1v) is 11.9. The van der Waals surface area contributed by atoms with Crippen molar-refractivity contribution in [2.75, 3.05) is 59.0 Å². The molecule has 4 rings (SSSR count). The van der Waals surface area contributed by atoms with Crippen LogP contribution in [0.3, 0.4) is 0 Å². The minimum absolute atomic E-state index is 0.199. The predicted octanol–water partition coefficient (Wildman–Crippen LogP) is 1.95. The first-order chi connectivity index (χ1) is 16.6. The van der Waals surface area contributed by atoms with Crippen molar-refractivity contribution in [3.8, 4) is 11.8 Å². The molecule has 2 saturated heterocycles. The number of ether oxygens (including phenoxy) is 2. The van der Waals surface area contributed by atoms with Crippen LogP contribution >= 0.6 is 0 Å². The molecule has 8 heteroatoms. The fourth-order valence-corrected chi connectivity index (χ4v) is 4.65. The number of benzene rings is 2. The van der Waals surface area contributed by atoms with Crippen molar-refractivity contribution in [2.45, 2.75) is 18.6 Å². The highest BCUT2D eigenvalue weighted by Crippen LogP contribution is 2.19. The Morgan fingerprint density at radius 1 is 1.00 bits per heavy atom. The number of morpholine rings is 2. The minimum Gasteiger partial charge on any atom is -0.492 e. The van der Waals surface area contributed by atoms with E-state index in [1.54, 1.807) is 29.2 Å². The Morgan fingerprint density at radius 2 is 1.65 bits per heavy atom. The summed E-state index contributed by atoms with van der Waals surface area (Å²) in [5.74, 6) is 0.668. The molecule has 2 N–H and O–H groups in total. The Kier molecular flexibility index (Phi) is 8.36. The third-order valence-corrected chi connectivity index (χ3v) is 6.40. The molecule has 0 aliphatic carbocycles. The summed E-state index contributed by atoms with van der Waals surface area (Å²) in [6, 6.07) is 19.2. The van der Waals surface area contributed by atoms with Crippen molar-refractivity contribution in [3.05, 3.63) is 65.7 Å². The third kappa shape index (κ3) is 6.94. The van der Waals surface area contributed by atoms with E-state index in [-0.39, 0.29) is 12.2 Å². The Morgan fingerprint density at radius 3 is 2.26 bits per heavy atom. The third-order valence-electron chi connectivity index (χ3n) is 6.40. The highest BCUT2D eigenvalue weighted by Gasteiger charge is 2.34. The van der Waals surface area contributed by atoms with Gasteiger partial charge in [-0.2, -0.15) is 5.26 Å². The van der Waals surface area contributed by atoms with Crippen molar-refractivity contribution in [1.82, 2.24) is 14.7 Å². The Balaban J connectivity index is 1.18. The average molecular weight is 464 g/mol. The number of hydrogen-bond acceptors (Lipinski definition) is 6. The van der Waals surface area contributed by atoms with Gasteiger partial charge in [-0.05, 0) is 36.2 Å². The molecular weight excluding hydrogens is 430 g/mol. The highest BCUT2D eigenvalue weighted by atomic mass is 16.5. The number of carbonyl (C=O) groups is 1. The molecule has 0 aromatic heterocycles. The molecule has 180 valence electrons. The Hall–Kier alpha value is -3.12. The maximum atomic E-state index is 11.9. The second-order valence-corrected chi connectivity index (χ2v) is 8.94. The van der Waals surface area contributed by atoms with E-state index in [1.807, 2.05) is 0 Å². The smallest absolute Gasteiger partial charge is 0.314 e. The maximum Gasteiger partial charge on any atom is 0.314 e. The summed E-state index contributed by atoms with van der Waals surface area (Å²) in [6.45, 7) is 6.76. The first-order valence-electron chi connectivity index (χ1n) is 11.9. The van der Waals surface area contributed by atoms with Gasteiger partial charge in [-0.25, -0.2) is 4.79 Å². The number of fused-ring (bicyclic) bond motifs is 2. The number of urea groups is 1. The number of carbonyl (C=O) groups excluding carboxylic acids is 1. The van der Waals surface area contributed by atoms with Crippen LogP contribution in [-0.4, -0.2) is 91.9 Å². The zero-order valence-corrected chi connectivity index (χ0v) is 19.5. The van der Waals surface area contributed by atoms with Gasteiger partial charge < -0.3 is 20.1 Å². The lowest BCUT2D eigenvalue weighted by Crippen LogP contribution is -2.60. The number of nitrogens with zero attached hydrogens (tertiary/aromatic N) is 4. The summed E-state index contributed by atoms with van der Waals surface area (Å²) in [4.78, 5) is 18.5. The van der Waals surface area contributed by atoms with Crippen LogP contribution in [0.2, 0.25) is 0 Å². The van der Waals surface area contributed by atoms with E-state index in [2.05, 4.69) is 46.2 Å². The van der Waals surface area contributed by atoms with Crippen LogP contribution in [0.25, 0.3) is 0 Å². The highest BCUT2D eigenvalue weighted by molar-refractivity contribution is 5.71. The number of nitriles is 1. The molecule has 8 nitrogen and oxygen atoms in total. The van der Waals surface area contributed by atoms with Gasteiger partial charge in [0.05, 0.1) is 30.4 Å². The molecule has 2 fully saturated rings. The van der Waals surface area contributed by atoms with Crippen LogP contribution in [0.5, 0.6) is 5.75 Å². The summed E-state index contributed by atoms with van der Waals surface area (Å²) in [6.07, 6.45) is 1.46. The van der Waals surface area contributed by atoms with Gasteiger partial charge >= 0.3 is 6.03 Å². The molecule has 2 heterocycles. The van der Waals surface area contributed by atoms with Crippen molar-refractivity contribution in [2.24, 2.45) is 5.73 Å². The number of primary amides is 1. The van der Waals surface area contributed by atoms with Crippen molar-refractivity contribution in [3.63, 3.8) is 0 Å². The molecule has 0 saturated carbocycles. The Bertz CT molecular complexity index is 949. The van der Waals surface area contributed by atoms with Crippen LogP contribution in [0.1, 0.15) is 11.1 Å². The summed E-state index contributed by atoms with van der Waals surface area (Å²) in [7, 11) is 0. The summed E-state index contributed by atoms with van der Waals surface area (Å²) < 4.78 is 11.9. The van der Waals surface area contributed by atoms with E-state index >= 15 is 0 Å². The molecule has 34 heavy (non-hydrogen) atoms. The maximum absolute atomic E-state index is 11.9. The lowest BCUT2D eigenvalue weighted by molar-refractivity contribution is -0.138. The zero-order valence-electron chi connectivity index (χ0n) is 19.5. The van der Waals surface area contributed by atoms with Crippen LogP contribution in [0.15, 0.2) is 54.6 Å². The molecule has 0 spiro atoms. The molecule has 2 aromatic rings. The molecule has 2 unspecified atom stereocenters. The van der Waals surface area contributed by atoms with Crippen LogP contribution in [0, 0.1) is 11.3 Å². The average Bonchev–Trinajstić information content (AvgIpc) is 2.85. The monoisotopic (exact) mass is 463 g/mol. The Labute approximate surface area is 201 Å². The lowest BCUT2D eigenvalue weighted by Gasteiger charge is -2.46. The van der Waals surface area contributed by atoms with Crippen molar-refractivity contribution < 1.29 is 14.3 Å². The molecule has 2 aliphatic heterocycles. The molecule has 2 atom stereocenters. The predicted molar refractivity (Wildman–Crippen MR) is 129 cm³/mol. The molecule has 2 aromatic carbocycles. The summed E-state index contributed by atoms with van der Waals surface area (Å²) in [5, 5.41) is 8.87. The van der Waals surface area contributed by atoms with E-state index in [4.69, 9.17) is 20.5 Å². The van der Waals surface area contributed by atoms with E-state index < -0.39 is 6.03 Å². The standard InChI is InChI=1S/C26H33N5O3/c27-16-22-6-8-23(9-7-22)33-15-14-31(26(28)32)13-12-30-19-24-17-29(18-25(20-30)34-24)11-10-21-4-2-1-3-5-21/h1-9,24-25H,10-15,17-20H2,(H2,28,32). The van der Waals surface area contributed by atoms with Crippen molar-refractivity contribution in [1.29, 1.82) is 5.26 Å². The number of rotatable bonds is 10. The second kappa shape index (κ2) is 11.8. The zero-order chi connectivity index (χ0) is 23.8. The van der Waals surface area contributed by atoms with Gasteiger partial charge in [-0.1, -0.05) is 30.3 Å². The number of amides is 2. The first kappa shape index (κ1) is 24.0. The van der Waals surface area contributed by atoms with Gasteiger partial charge in [-0.15, -0.1) is 0 Å². The van der Waals surface area contributed by atoms with Gasteiger partial charge in [-0.3, -0.25) is 9.80 Å². The molecule has 0 radical (unpaired) electrons. The van der Waals surface area contributed by atoms with Gasteiger partial charge in [0.2, 0.25) is 0 Å². The topological polar surface area (TPSA) is 95.1 Å². The van der Waals surface area contributed by atoms with E-state index in [9.17, 15) is 4.79 Å². The SMILES string of the molecule is N#Cc1ccc(OCCN(CCN2CC3CN(CCc4ccccc4)CC(C2)O3)C(N)=O)cc1. The quantitative estimate of drug-likeness (QED) is 0.579. The largest absolute Gasteiger partial charge is 0.492 e. The van der Waals surface area contributed by atoms with Gasteiger partial charge in [0.1, 0.15) is 12.4 Å². The normalized spacial score (nSPS) is 20.4. The molecular formula is C26H33N5O3. The van der Waals surface area contributed by atoms with Crippen LogP contribution in [0.4, 0.5) is 4.79 Å². The minimum atomic E-state index is -0.441. The molecule has 2 bridgehead atoms. The van der Waals surface area contributed by atoms with E-state index in [1.165, 1.54) is 5.56 Å². The van der Waals surface area contributed by atoms with Gasteiger partial charge in [0, 0.05) is 45.8 Å². The molecule has 2 aliphatic rings. The molecule has 2 amide bonds. The lowest BCUT2D eigenvalue weighted by atomic mass is 10.1. The fourth-order valence-electron chi connectivity index (χ4n) is 4.65. The summed E-state index contributed by atoms with van der Waals surface area (Å²) >= 11 is 0. The number of hydrogen-bond donors (Lipinski definition) is 1. The fraction of sp³-hybridized carbons (Fsp3) is 0.462. The number of nitrogens with two attached hydrogens (primary N) is 1. The van der Waals surface area contributed by atoms with E-state index in [0.717, 1.165) is 45.7 Å². The van der Waals surface area contributed by atoms with Crippen molar-refractivity contribution >= 4 is 6.03 Å². The van der Waals surface area contributed by atoms with E-state index in [0.29, 0.717) is 31.0 Å². The van der Waals surface area contributed by atoms with Gasteiger partial charge in [0.15, 0.2) is 0 Å².